The number of carbonyl (C=O) groups is 4. The van der Waals surface area contributed by atoms with Crippen molar-refractivity contribution in [1.29, 1.82) is 0 Å². The fourth-order valence-electron chi connectivity index (χ4n) is 8.57. The molecule has 0 heterocycles. The van der Waals surface area contributed by atoms with Gasteiger partial charge in [0.15, 0.2) is 0 Å². The molecule has 340 valence electrons. The molecule has 2 N–H and O–H groups in total. The Labute approximate surface area is 474 Å². The Morgan fingerprint density at radius 2 is 1.06 bits per heavy atom. The van der Waals surface area contributed by atoms with Gasteiger partial charge in [-0.05, 0) is 141 Å². The molecule has 2 unspecified atom stereocenters. The van der Waals surface area contributed by atoms with Crippen LogP contribution in [0, 0.1) is 0 Å². The molecule has 0 radical (unpaired) electrons. The molecule has 3 aromatic carbocycles. The summed E-state index contributed by atoms with van der Waals surface area (Å²) in [5.74, 6) is -0.619. The van der Waals surface area contributed by atoms with E-state index < -0.39 is 5.41 Å². The number of hydrogen-bond donors (Lipinski definition) is 2. The van der Waals surface area contributed by atoms with Gasteiger partial charge in [-0.2, -0.15) is 0 Å². The second-order valence-electron chi connectivity index (χ2n) is 15.2. The number of aryl methyl sites for hydroxylation is 3. The maximum atomic E-state index is 11.5. The molecule has 0 aliphatic heterocycles. The molecule has 12 nitrogen and oxygen atoms in total. The first-order valence-electron chi connectivity index (χ1n) is 20.1. The topological polar surface area (TPSA) is 178 Å². The molecule has 0 saturated carbocycles. The van der Waals surface area contributed by atoms with Crippen molar-refractivity contribution in [2.75, 3.05) is 41.2 Å². The summed E-state index contributed by atoms with van der Waals surface area (Å²) in [7, 11) is 4.40. The third kappa shape index (κ3) is 17.3. The van der Waals surface area contributed by atoms with Crippen molar-refractivity contribution >= 4 is 59.5 Å². The van der Waals surface area contributed by atoms with E-state index in [1.807, 2.05) is 56.3 Å². The predicted molar refractivity (Wildman–Crippen MR) is 234 cm³/mol. The van der Waals surface area contributed by atoms with E-state index in [-0.39, 0.29) is 159 Å². The third-order valence-electron chi connectivity index (χ3n) is 11.9. The number of aliphatic hydroxyl groups is 2. The predicted octanol–water partition coefficient (Wildman–Crippen LogP) is 1.29. The summed E-state index contributed by atoms with van der Waals surface area (Å²) in [5, 5.41) is 27.5. The number of rotatable bonds is 11. The molecule has 3 aromatic rings. The van der Waals surface area contributed by atoms with Crippen LogP contribution in [-0.2, 0) is 78.5 Å². The van der Waals surface area contributed by atoms with Crippen molar-refractivity contribution in [3.63, 3.8) is 0 Å². The third-order valence-corrected chi connectivity index (χ3v) is 12.6. The van der Waals surface area contributed by atoms with Gasteiger partial charge in [0.1, 0.15) is 19.5 Å². The minimum Gasteiger partial charge on any atom is -1.00 e. The fraction of sp³-hybridized carbons (Fsp3) is 0.522. The normalized spacial score (nSPS) is 20.9. The van der Waals surface area contributed by atoms with Crippen molar-refractivity contribution in [2.24, 2.45) is 0 Å². The van der Waals surface area contributed by atoms with Crippen LogP contribution in [0.2, 0.25) is 15.1 Å². The van der Waals surface area contributed by atoms with E-state index in [0.29, 0.717) is 18.1 Å². The van der Waals surface area contributed by atoms with Crippen molar-refractivity contribution < 1.29 is 163 Å². The summed E-state index contributed by atoms with van der Waals surface area (Å²) in [5.41, 5.74) is 5.65. The maximum Gasteiger partial charge on any atom is 1.00 e. The zero-order chi connectivity index (χ0) is 45.8. The molecule has 5 atom stereocenters. The summed E-state index contributed by atoms with van der Waals surface area (Å²) in [6.45, 7) is 7.26. The van der Waals surface area contributed by atoms with Crippen LogP contribution in [0.15, 0.2) is 54.6 Å². The van der Waals surface area contributed by atoms with Gasteiger partial charge in [-0.1, -0.05) is 53.0 Å². The number of ether oxygens (including phenoxy) is 4. The smallest absolute Gasteiger partial charge is 1.00 e. The average molecular weight is 991 g/mol. The molecule has 0 aromatic heterocycles. The molecule has 0 amide bonds. The minimum atomic E-state index is -0.705. The fourth-order valence-corrected chi connectivity index (χ4v) is 9.16. The summed E-state index contributed by atoms with van der Waals surface area (Å²) in [4.78, 5) is 44.9. The Kier molecular flexibility index (Phi) is 31.5. The van der Waals surface area contributed by atoms with E-state index in [2.05, 4.69) is 11.0 Å². The molecule has 63 heavy (non-hydrogen) atoms. The number of methoxy groups -OCH3 is 2. The van der Waals surface area contributed by atoms with Crippen LogP contribution in [0.3, 0.4) is 0 Å². The number of aliphatic hydroxyl groups excluding tert-OH is 2. The summed E-state index contributed by atoms with van der Waals surface area (Å²) >= 11 is 18.1. The molecular weight excluding hydrogens is 929 g/mol. The molecule has 3 aliphatic rings. The van der Waals surface area contributed by atoms with E-state index in [0.717, 1.165) is 85.9 Å². The largest absolute Gasteiger partial charge is 1.00 e. The summed E-state index contributed by atoms with van der Waals surface area (Å²) in [6, 6.07) is 17.5. The molecule has 17 heteroatoms. The Hall–Kier alpha value is -0.317. The summed E-state index contributed by atoms with van der Waals surface area (Å²) in [6.07, 6.45) is 9.47. The number of benzene rings is 3. The van der Waals surface area contributed by atoms with Crippen molar-refractivity contribution in [2.45, 2.75) is 114 Å². The van der Waals surface area contributed by atoms with Gasteiger partial charge in [0.05, 0.1) is 29.6 Å². The quantitative estimate of drug-likeness (QED) is 0.0928. The van der Waals surface area contributed by atoms with Gasteiger partial charge in [-0.25, -0.2) is 0 Å². The Bertz CT molecular complexity index is 1900. The van der Waals surface area contributed by atoms with Crippen molar-refractivity contribution in [3.8, 4) is 0 Å². The van der Waals surface area contributed by atoms with Gasteiger partial charge in [0, 0.05) is 55.7 Å². The molecule has 6 rings (SSSR count). The van der Waals surface area contributed by atoms with Gasteiger partial charge < -0.3 is 45.5 Å². The zero-order valence-electron chi connectivity index (χ0n) is 39.1. The molecule has 0 spiro atoms. The first-order chi connectivity index (χ1) is 29.1. The SMILES string of the molecule is CC(=O)OC[C@@]1(C=O)CCCc2cc(Cl)ccc21.CO.COC(C)[C@]1(CO)CCCc2cc(Cl)ccc21.COC(C)[C@]1(COC(C)=O)CCCc2cc(Cl)ccc21.O=CO[O-].[H-].[K+].[K+]. The number of halogens is 3. The number of esters is 2. The zero-order valence-corrected chi connectivity index (χ0v) is 46.6. The minimum absolute atomic E-state index is 0. The van der Waals surface area contributed by atoms with E-state index in [1.54, 1.807) is 20.3 Å². The van der Waals surface area contributed by atoms with Gasteiger partial charge in [0.2, 0.25) is 0 Å². The van der Waals surface area contributed by atoms with E-state index >= 15 is 0 Å². The average Bonchev–Trinajstić information content (AvgIpc) is 3.27. The van der Waals surface area contributed by atoms with E-state index in [9.17, 15) is 19.5 Å². The van der Waals surface area contributed by atoms with Gasteiger partial charge in [-0.3, -0.25) is 14.4 Å². The van der Waals surface area contributed by atoms with Gasteiger partial charge in [-0.15, -0.1) is 0 Å². The molecule has 0 bridgehead atoms. The molecule has 0 saturated heterocycles. The second kappa shape index (κ2) is 31.7. The van der Waals surface area contributed by atoms with Crippen molar-refractivity contribution in [1.82, 2.24) is 0 Å². The number of carbonyl (C=O) groups excluding carboxylic acids is 4. The van der Waals surface area contributed by atoms with Crippen LogP contribution in [0.25, 0.3) is 0 Å². The van der Waals surface area contributed by atoms with Crippen LogP contribution in [0.5, 0.6) is 0 Å². The summed E-state index contributed by atoms with van der Waals surface area (Å²) < 4.78 is 21.5. The van der Waals surface area contributed by atoms with Crippen LogP contribution in [-0.4, -0.2) is 88.3 Å². The monoisotopic (exact) mass is 988 g/mol. The Morgan fingerprint density at radius 3 is 1.46 bits per heavy atom. The number of fused-ring (bicyclic) bond motifs is 3. The van der Waals surface area contributed by atoms with Crippen LogP contribution < -0.4 is 108 Å². The first kappa shape index (κ1) is 62.7. The first-order valence-corrected chi connectivity index (χ1v) is 21.2. The number of hydrogen-bond acceptors (Lipinski definition) is 12. The van der Waals surface area contributed by atoms with Gasteiger partial charge >= 0.3 is 115 Å². The van der Waals surface area contributed by atoms with E-state index in [4.69, 9.17) is 68.9 Å². The Balaban J connectivity index is 0. The maximum absolute atomic E-state index is 11.5. The molecule has 0 fully saturated rings. The standard InChI is InChI=1S/C16H21ClO3.C14H15ClO3.C14H19ClO2.CH2O3.CH4O.2K.H/c1-11(19-3)16(10-20-12(2)18)8-4-5-13-9-14(17)6-7-15(13)16;1-10(17)18-9-14(8-16)6-2-3-11-7-12(15)4-5-13(11)14;1-10(17-2)14(9-16)7-3-4-11-8-12(15)5-6-13(11)14;2-1-4-3;1-2;;;/h6-7,9,11H,4-5,8,10H2,1-3H3;4-5,7-8H,2-3,6,9H2,1H3;5-6,8,10,16H,3-4,7,9H2,1-2H3;1,3H;2H,1H3;;;/q;;;;;2*+1;-1/p-1/t11?,16-;14-;10?,14-;;;;;/m101...../s1. The van der Waals surface area contributed by atoms with Crippen LogP contribution in [0.4, 0.5) is 0 Å². The van der Waals surface area contributed by atoms with E-state index in [1.165, 1.54) is 36.1 Å². The number of aldehydes is 1. The second-order valence-corrected chi connectivity index (χ2v) is 16.5. The molecule has 3 aliphatic carbocycles. The van der Waals surface area contributed by atoms with Crippen molar-refractivity contribution in [3.05, 3.63) is 103 Å². The van der Waals surface area contributed by atoms with Gasteiger partial charge in [0.25, 0.3) is 6.47 Å². The van der Waals surface area contributed by atoms with Crippen LogP contribution >= 0.6 is 34.8 Å². The molecular formula is C46H61Cl3K2O12. The Morgan fingerprint density at radius 1 is 0.698 bits per heavy atom. The van der Waals surface area contributed by atoms with Crippen LogP contribution in [0.1, 0.15) is 101 Å².